The first-order valence-corrected chi connectivity index (χ1v) is 8.10. The van der Waals surface area contributed by atoms with E-state index in [0.717, 1.165) is 11.8 Å². The number of nitrogens with zero attached hydrogens (tertiary/aromatic N) is 1. The Hall–Kier alpha value is -2.33. The van der Waals surface area contributed by atoms with Crippen molar-refractivity contribution in [2.24, 2.45) is 5.73 Å². The first-order valence-electron chi connectivity index (χ1n) is 6.53. The molecule has 0 aliphatic carbocycles. The summed E-state index contributed by atoms with van der Waals surface area (Å²) < 4.78 is 5.66. The van der Waals surface area contributed by atoms with E-state index in [1.807, 2.05) is 0 Å². The fourth-order valence-corrected chi connectivity index (χ4v) is 3.70. The fourth-order valence-electron chi connectivity index (χ4n) is 2.19. The number of hydrogen-bond acceptors (Lipinski definition) is 5. The Kier molecular flexibility index (Phi) is 4.33. The zero-order chi connectivity index (χ0) is 17.4. The van der Waals surface area contributed by atoms with Gasteiger partial charge in [0.1, 0.15) is 17.6 Å². The van der Waals surface area contributed by atoms with Crippen LogP contribution in [-0.2, 0) is 4.79 Å². The molecular weight excluding hydrogens is 371 g/mol. The lowest BCUT2D eigenvalue weighted by molar-refractivity contribution is -0.114. The van der Waals surface area contributed by atoms with Gasteiger partial charge in [-0.1, -0.05) is 29.3 Å². The zero-order valence-corrected chi connectivity index (χ0v) is 14.2. The number of hydrogen-bond donors (Lipinski definition) is 2. The number of aromatic hydroxyl groups is 1. The van der Waals surface area contributed by atoms with Crippen LogP contribution in [0.2, 0.25) is 10.0 Å². The van der Waals surface area contributed by atoms with Crippen molar-refractivity contribution in [3.05, 3.63) is 51.0 Å². The Labute approximate surface area is 151 Å². The predicted octanol–water partition coefficient (Wildman–Crippen LogP) is 4.07. The van der Waals surface area contributed by atoms with Crippen LogP contribution < -0.4 is 10.5 Å². The second kappa shape index (κ2) is 6.29. The third-order valence-electron chi connectivity index (χ3n) is 3.22. The summed E-state index contributed by atoms with van der Waals surface area (Å²) >= 11 is 13.2. The molecule has 0 atom stereocenters. The minimum Gasteiger partial charge on any atom is -0.508 e. The van der Waals surface area contributed by atoms with Crippen molar-refractivity contribution in [3.63, 3.8) is 0 Å². The summed E-state index contributed by atoms with van der Waals surface area (Å²) in [6.07, 6.45) is 0. The molecule has 2 aromatic carbocycles. The van der Waals surface area contributed by atoms with Crippen LogP contribution in [0.5, 0.6) is 11.5 Å². The summed E-state index contributed by atoms with van der Waals surface area (Å²) in [6.45, 7) is 0. The highest BCUT2D eigenvalue weighted by Crippen LogP contribution is 2.52. The van der Waals surface area contributed by atoms with Gasteiger partial charge in [-0.15, -0.1) is 0 Å². The normalized spacial score (nSPS) is 14.5. The molecular formula is C16H8Cl2N2O3S. The van der Waals surface area contributed by atoms with E-state index in [2.05, 4.69) is 0 Å². The number of nitrogens with two attached hydrogens (primary N) is 1. The number of benzene rings is 2. The predicted molar refractivity (Wildman–Crippen MR) is 91.9 cm³/mol. The largest absolute Gasteiger partial charge is 0.508 e. The number of nitriles is 1. The van der Waals surface area contributed by atoms with Crippen molar-refractivity contribution >= 4 is 40.9 Å². The highest BCUT2D eigenvalue weighted by atomic mass is 35.5. The molecule has 2 aromatic rings. The van der Waals surface area contributed by atoms with Crippen LogP contribution in [0.25, 0.3) is 11.1 Å². The van der Waals surface area contributed by atoms with Crippen LogP contribution in [0.15, 0.2) is 45.9 Å². The first-order chi connectivity index (χ1) is 11.4. The van der Waals surface area contributed by atoms with Crippen molar-refractivity contribution in [2.75, 3.05) is 0 Å². The molecule has 1 amide bonds. The molecule has 24 heavy (non-hydrogen) atoms. The summed E-state index contributed by atoms with van der Waals surface area (Å²) in [5.41, 5.74) is 6.00. The van der Waals surface area contributed by atoms with E-state index in [0.29, 0.717) is 31.8 Å². The maximum absolute atomic E-state index is 11.3. The molecule has 0 saturated heterocycles. The minimum absolute atomic E-state index is 0.00954. The van der Waals surface area contributed by atoms with Crippen LogP contribution in [0.1, 0.15) is 0 Å². The molecule has 1 aliphatic heterocycles. The van der Waals surface area contributed by atoms with Crippen LogP contribution in [-0.4, -0.2) is 11.0 Å². The minimum atomic E-state index is -0.886. The number of fused-ring (bicyclic) bond motifs is 1. The number of phenols is 1. The number of carbonyl (C=O) groups is 1. The van der Waals surface area contributed by atoms with E-state index in [1.54, 1.807) is 24.3 Å². The highest BCUT2D eigenvalue weighted by Gasteiger charge is 2.29. The van der Waals surface area contributed by atoms with Gasteiger partial charge in [-0.2, -0.15) is 5.26 Å². The van der Waals surface area contributed by atoms with Gasteiger partial charge in [-0.05, 0) is 36.0 Å². The molecule has 1 heterocycles. The van der Waals surface area contributed by atoms with Crippen molar-refractivity contribution in [2.45, 2.75) is 4.90 Å². The van der Waals surface area contributed by atoms with Gasteiger partial charge < -0.3 is 15.6 Å². The third kappa shape index (κ3) is 2.89. The average Bonchev–Trinajstić information content (AvgIpc) is 2.90. The number of ether oxygens (including phenoxy) is 1. The molecule has 0 saturated carbocycles. The zero-order valence-electron chi connectivity index (χ0n) is 11.8. The van der Waals surface area contributed by atoms with Crippen LogP contribution in [0.4, 0.5) is 0 Å². The van der Waals surface area contributed by atoms with Gasteiger partial charge in [0.25, 0.3) is 5.91 Å². The smallest absolute Gasteiger partial charge is 0.263 e. The Morgan fingerprint density at radius 1 is 1.25 bits per heavy atom. The van der Waals surface area contributed by atoms with Gasteiger partial charge >= 0.3 is 0 Å². The number of primary amides is 1. The topological polar surface area (TPSA) is 96.3 Å². The summed E-state index contributed by atoms with van der Waals surface area (Å²) in [7, 11) is 0. The van der Waals surface area contributed by atoms with Crippen LogP contribution >= 0.6 is 35.0 Å². The number of carbonyl (C=O) groups excluding carboxylic acids is 1. The molecule has 1 aliphatic rings. The molecule has 0 spiro atoms. The maximum atomic E-state index is 11.3. The lowest BCUT2D eigenvalue weighted by atomic mass is 10.0. The SMILES string of the molecule is N#CC(C(N)=O)=C1Oc2c(cc(O)cc2-c2ccc(Cl)cc2Cl)S1. The fraction of sp³-hybridized carbons (Fsp3) is 0. The molecule has 3 N–H and O–H groups in total. The number of phenolic OH excluding ortho intramolecular Hbond substituents is 1. The van der Waals surface area contributed by atoms with Crippen LogP contribution in [0.3, 0.4) is 0 Å². The van der Waals surface area contributed by atoms with Gasteiger partial charge in [0, 0.05) is 16.1 Å². The molecule has 5 nitrogen and oxygen atoms in total. The van der Waals surface area contributed by atoms with E-state index in [9.17, 15) is 9.90 Å². The van der Waals surface area contributed by atoms with Crippen molar-refractivity contribution in [1.29, 1.82) is 5.26 Å². The summed E-state index contributed by atoms with van der Waals surface area (Å²) in [4.78, 5) is 11.9. The molecule has 0 unspecified atom stereocenters. The number of amides is 1. The monoisotopic (exact) mass is 378 g/mol. The lowest BCUT2D eigenvalue weighted by Gasteiger charge is -2.10. The summed E-state index contributed by atoms with van der Waals surface area (Å²) in [5.74, 6) is -0.515. The second-order valence-corrected chi connectivity index (χ2v) is 6.65. The van der Waals surface area contributed by atoms with Gasteiger partial charge in [0.2, 0.25) is 0 Å². The highest BCUT2D eigenvalue weighted by molar-refractivity contribution is 8.03. The van der Waals surface area contributed by atoms with E-state index >= 15 is 0 Å². The summed E-state index contributed by atoms with van der Waals surface area (Å²) in [6, 6.07) is 9.58. The average molecular weight is 379 g/mol. The molecule has 3 rings (SSSR count). The van der Waals surface area contributed by atoms with Crippen molar-refractivity contribution < 1.29 is 14.6 Å². The van der Waals surface area contributed by atoms with E-state index in [1.165, 1.54) is 12.1 Å². The summed E-state index contributed by atoms with van der Waals surface area (Å²) in [5, 5.41) is 19.9. The van der Waals surface area contributed by atoms with Gasteiger partial charge in [0.15, 0.2) is 10.7 Å². The van der Waals surface area contributed by atoms with Gasteiger partial charge in [-0.3, -0.25) is 4.79 Å². The van der Waals surface area contributed by atoms with Crippen LogP contribution in [0, 0.1) is 11.3 Å². The molecule has 8 heteroatoms. The molecule has 0 aromatic heterocycles. The van der Waals surface area contributed by atoms with Gasteiger partial charge in [0.05, 0.1) is 9.92 Å². The Bertz CT molecular complexity index is 951. The standard InChI is InChI=1S/C16H8Cl2N2O3S/c17-7-1-2-9(12(18)3-7)10-4-8(21)5-13-14(10)23-16(24-13)11(6-19)15(20)22/h1-5,21H,(H2,20,22). The number of thioether (sulfide) groups is 1. The quantitative estimate of drug-likeness (QED) is 0.606. The molecule has 0 radical (unpaired) electrons. The number of rotatable bonds is 2. The Morgan fingerprint density at radius 3 is 2.62 bits per heavy atom. The van der Waals surface area contributed by atoms with E-state index in [-0.39, 0.29) is 16.4 Å². The number of halogens is 2. The second-order valence-electron chi connectivity index (χ2n) is 4.79. The van der Waals surface area contributed by atoms with Crippen molar-refractivity contribution in [1.82, 2.24) is 0 Å². The molecule has 0 bridgehead atoms. The maximum Gasteiger partial charge on any atom is 0.263 e. The Balaban J connectivity index is 2.18. The van der Waals surface area contributed by atoms with Gasteiger partial charge in [-0.25, -0.2) is 0 Å². The molecule has 120 valence electrons. The van der Waals surface area contributed by atoms with E-state index in [4.69, 9.17) is 38.9 Å². The lowest BCUT2D eigenvalue weighted by Crippen LogP contribution is -2.15. The Morgan fingerprint density at radius 2 is 2.00 bits per heavy atom. The van der Waals surface area contributed by atoms with Crippen molar-refractivity contribution in [3.8, 4) is 28.7 Å². The van der Waals surface area contributed by atoms with E-state index < -0.39 is 5.91 Å². The third-order valence-corrected chi connectivity index (χ3v) is 4.76. The molecule has 0 fully saturated rings. The first kappa shape index (κ1) is 16.5.